The molecule has 28 heavy (non-hydrogen) atoms. The first-order valence-corrected chi connectivity index (χ1v) is 9.48. The zero-order chi connectivity index (χ0) is 19.7. The number of aromatic nitrogens is 1. The van der Waals surface area contributed by atoms with E-state index in [4.69, 9.17) is 4.42 Å². The van der Waals surface area contributed by atoms with Gasteiger partial charge in [-0.05, 0) is 42.8 Å². The molecule has 0 spiro atoms. The number of furan rings is 1. The van der Waals surface area contributed by atoms with E-state index in [1.165, 1.54) is 12.1 Å². The van der Waals surface area contributed by atoms with Crippen molar-refractivity contribution >= 4 is 16.8 Å². The lowest BCUT2D eigenvalue weighted by atomic mass is 10.1. The van der Waals surface area contributed by atoms with Gasteiger partial charge in [-0.1, -0.05) is 0 Å². The summed E-state index contributed by atoms with van der Waals surface area (Å²) in [6.07, 6.45) is 2.24. The minimum atomic E-state index is -0.313. The van der Waals surface area contributed by atoms with Gasteiger partial charge < -0.3 is 19.0 Å². The van der Waals surface area contributed by atoms with E-state index in [0.29, 0.717) is 43.7 Å². The van der Waals surface area contributed by atoms with Crippen LogP contribution in [-0.4, -0.2) is 57.7 Å². The summed E-state index contributed by atoms with van der Waals surface area (Å²) in [5.74, 6) is 0.491. The second-order valence-electron chi connectivity index (χ2n) is 7.26. The quantitative estimate of drug-likeness (QED) is 0.734. The average molecular weight is 385 g/mol. The van der Waals surface area contributed by atoms with Gasteiger partial charge in [-0.3, -0.25) is 9.69 Å². The van der Waals surface area contributed by atoms with Crippen LogP contribution in [-0.2, 0) is 13.6 Å². The predicted octanol–water partition coefficient (Wildman–Crippen LogP) is 2.62. The normalized spacial score (nSPS) is 18.1. The van der Waals surface area contributed by atoms with Gasteiger partial charge in [-0.2, -0.15) is 0 Å². The fraction of sp³-hybridized carbons (Fsp3) is 0.381. The monoisotopic (exact) mass is 385 g/mol. The number of amides is 1. The molecule has 1 aliphatic rings. The van der Waals surface area contributed by atoms with Gasteiger partial charge in [0.25, 0.3) is 5.91 Å². The number of halogens is 1. The number of rotatable bonds is 5. The van der Waals surface area contributed by atoms with E-state index in [9.17, 15) is 14.3 Å². The summed E-state index contributed by atoms with van der Waals surface area (Å²) in [5, 5.41) is 10.2. The first-order chi connectivity index (χ1) is 13.6. The van der Waals surface area contributed by atoms with Gasteiger partial charge in [-0.25, -0.2) is 4.39 Å². The van der Waals surface area contributed by atoms with Gasteiger partial charge >= 0.3 is 0 Å². The van der Waals surface area contributed by atoms with E-state index in [0.717, 1.165) is 11.3 Å². The van der Waals surface area contributed by atoms with Crippen molar-refractivity contribution in [3.8, 4) is 0 Å². The van der Waals surface area contributed by atoms with Crippen LogP contribution in [0.2, 0.25) is 0 Å². The summed E-state index contributed by atoms with van der Waals surface area (Å²) in [6, 6.07) is 10.1. The summed E-state index contributed by atoms with van der Waals surface area (Å²) in [5.41, 5.74) is 1.37. The highest BCUT2D eigenvalue weighted by Gasteiger charge is 2.31. The fourth-order valence-electron chi connectivity index (χ4n) is 4.00. The van der Waals surface area contributed by atoms with Gasteiger partial charge in [0.1, 0.15) is 17.3 Å². The van der Waals surface area contributed by atoms with Crippen molar-refractivity contribution in [3.63, 3.8) is 0 Å². The molecule has 1 fully saturated rings. The number of nitrogens with zero attached hydrogens (tertiary/aromatic N) is 3. The standard InChI is InChI=1S/C21H24FN3O3/c1-23-19-5-4-16(22)11-15(19)12-20(23)21(27)25-8-7-24(17(13-25)6-9-26)14-18-3-2-10-28-18/h2-5,10-12,17,26H,6-9,13-14H2,1H3/t17-/m1/s1. The third-order valence-corrected chi connectivity index (χ3v) is 5.52. The Labute approximate surface area is 162 Å². The van der Waals surface area contributed by atoms with Gasteiger partial charge in [-0.15, -0.1) is 0 Å². The van der Waals surface area contributed by atoms with Gasteiger partial charge in [0.15, 0.2) is 0 Å². The van der Waals surface area contributed by atoms with Crippen LogP contribution in [0, 0.1) is 5.82 Å². The number of carbonyl (C=O) groups is 1. The number of aliphatic hydroxyl groups is 1. The topological polar surface area (TPSA) is 61.9 Å². The molecule has 1 atom stereocenters. The van der Waals surface area contributed by atoms with Gasteiger partial charge in [0.05, 0.1) is 12.8 Å². The van der Waals surface area contributed by atoms with Crippen LogP contribution in [0.1, 0.15) is 22.7 Å². The van der Waals surface area contributed by atoms with E-state index in [1.807, 2.05) is 28.6 Å². The molecule has 148 valence electrons. The Hall–Kier alpha value is -2.64. The molecule has 3 aromatic rings. The highest BCUT2D eigenvalue weighted by atomic mass is 19.1. The molecule has 0 saturated carbocycles. The lowest BCUT2D eigenvalue weighted by Gasteiger charge is -2.41. The molecule has 6 nitrogen and oxygen atoms in total. The highest BCUT2D eigenvalue weighted by Crippen LogP contribution is 2.23. The number of carbonyl (C=O) groups excluding carboxylic acids is 1. The van der Waals surface area contributed by atoms with Crippen LogP contribution in [0.4, 0.5) is 4.39 Å². The maximum Gasteiger partial charge on any atom is 0.270 e. The summed E-state index contributed by atoms with van der Waals surface area (Å²) in [4.78, 5) is 17.2. The summed E-state index contributed by atoms with van der Waals surface area (Å²) in [6.45, 7) is 2.56. The van der Waals surface area contributed by atoms with E-state index in [1.54, 1.807) is 18.4 Å². The van der Waals surface area contributed by atoms with Crippen molar-refractivity contribution in [2.75, 3.05) is 26.2 Å². The Morgan fingerprint density at radius 2 is 2.14 bits per heavy atom. The van der Waals surface area contributed by atoms with Crippen molar-refractivity contribution in [2.45, 2.75) is 19.0 Å². The second kappa shape index (κ2) is 7.77. The molecular weight excluding hydrogens is 361 g/mol. The SMILES string of the molecule is Cn1c(C(=O)N2CCN(Cc3ccco3)[C@H](CCO)C2)cc2cc(F)ccc21. The molecule has 1 aliphatic heterocycles. The fourth-order valence-corrected chi connectivity index (χ4v) is 4.00. The maximum atomic E-state index is 13.5. The van der Waals surface area contributed by atoms with Crippen molar-refractivity contribution in [1.29, 1.82) is 0 Å². The zero-order valence-electron chi connectivity index (χ0n) is 15.8. The summed E-state index contributed by atoms with van der Waals surface area (Å²) in [7, 11) is 1.83. The smallest absolute Gasteiger partial charge is 0.270 e. The Bertz CT molecular complexity index is 967. The minimum absolute atomic E-state index is 0.0555. The third-order valence-electron chi connectivity index (χ3n) is 5.52. The van der Waals surface area contributed by atoms with E-state index < -0.39 is 0 Å². The largest absolute Gasteiger partial charge is 0.468 e. The van der Waals surface area contributed by atoms with Crippen molar-refractivity contribution in [2.24, 2.45) is 7.05 Å². The van der Waals surface area contributed by atoms with Crippen LogP contribution in [0.5, 0.6) is 0 Å². The van der Waals surface area contributed by atoms with Crippen molar-refractivity contribution < 1.29 is 18.7 Å². The second-order valence-corrected chi connectivity index (χ2v) is 7.26. The Kier molecular flexibility index (Phi) is 5.19. The number of piperazine rings is 1. The summed E-state index contributed by atoms with van der Waals surface area (Å²) < 4.78 is 20.8. The van der Waals surface area contributed by atoms with E-state index >= 15 is 0 Å². The molecule has 0 bridgehead atoms. The molecule has 0 unspecified atom stereocenters. The molecule has 1 amide bonds. The molecule has 3 heterocycles. The van der Waals surface area contributed by atoms with Crippen LogP contribution in [0.25, 0.3) is 10.9 Å². The molecule has 1 saturated heterocycles. The number of hydrogen-bond donors (Lipinski definition) is 1. The highest BCUT2D eigenvalue weighted by molar-refractivity contribution is 5.98. The molecule has 1 aromatic carbocycles. The molecule has 0 radical (unpaired) electrons. The van der Waals surface area contributed by atoms with Gasteiger partial charge in [0, 0.05) is 50.2 Å². The van der Waals surface area contributed by atoms with Gasteiger partial charge in [0.2, 0.25) is 0 Å². The molecule has 1 N–H and O–H groups in total. The molecule has 2 aromatic heterocycles. The lowest BCUT2D eigenvalue weighted by molar-refractivity contribution is 0.0366. The van der Waals surface area contributed by atoms with E-state index in [-0.39, 0.29) is 24.4 Å². The van der Waals surface area contributed by atoms with Crippen molar-refractivity contribution in [3.05, 3.63) is 59.9 Å². The third kappa shape index (κ3) is 3.55. The average Bonchev–Trinajstić information content (AvgIpc) is 3.30. The Balaban J connectivity index is 1.53. The number of aliphatic hydroxyl groups excluding tert-OH is 1. The van der Waals surface area contributed by atoms with Crippen molar-refractivity contribution in [1.82, 2.24) is 14.4 Å². The Morgan fingerprint density at radius 3 is 2.89 bits per heavy atom. The molecule has 7 heteroatoms. The number of fused-ring (bicyclic) bond motifs is 1. The molecule has 0 aliphatic carbocycles. The number of aryl methyl sites for hydroxylation is 1. The first kappa shape index (κ1) is 18.7. The lowest BCUT2D eigenvalue weighted by Crippen LogP contribution is -2.54. The van der Waals surface area contributed by atoms with Crippen LogP contribution < -0.4 is 0 Å². The Morgan fingerprint density at radius 1 is 1.29 bits per heavy atom. The first-order valence-electron chi connectivity index (χ1n) is 9.48. The summed E-state index contributed by atoms with van der Waals surface area (Å²) >= 11 is 0. The van der Waals surface area contributed by atoms with E-state index in [2.05, 4.69) is 4.90 Å². The number of benzene rings is 1. The zero-order valence-corrected chi connectivity index (χ0v) is 15.8. The van der Waals surface area contributed by atoms with Crippen LogP contribution in [0.3, 0.4) is 0 Å². The number of hydrogen-bond acceptors (Lipinski definition) is 4. The van der Waals surface area contributed by atoms with Crippen LogP contribution in [0.15, 0.2) is 47.1 Å². The molecular formula is C21H24FN3O3. The maximum absolute atomic E-state index is 13.5. The minimum Gasteiger partial charge on any atom is -0.468 e. The predicted molar refractivity (Wildman–Crippen MR) is 103 cm³/mol. The van der Waals surface area contributed by atoms with Crippen LogP contribution >= 0.6 is 0 Å². The molecule has 4 rings (SSSR count).